The average molecular weight is 417 g/mol. The van der Waals surface area contributed by atoms with Gasteiger partial charge in [-0.2, -0.15) is 0 Å². The van der Waals surface area contributed by atoms with Gasteiger partial charge in [0.25, 0.3) is 17.7 Å². The summed E-state index contributed by atoms with van der Waals surface area (Å²) in [5.41, 5.74) is 7.22. The Morgan fingerprint density at radius 3 is 2.45 bits per heavy atom. The van der Waals surface area contributed by atoms with Gasteiger partial charge in [0, 0.05) is 24.0 Å². The van der Waals surface area contributed by atoms with Crippen molar-refractivity contribution in [2.24, 2.45) is 0 Å². The zero-order valence-corrected chi connectivity index (χ0v) is 17.1. The number of aromatic nitrogens is 1. The molecule has 1 saturated heterocycles. The molecule has 0 spiro atoms. The van der Waals surface area contributed by atoms with Crippen molar-refractivity contribution < 1.29 is 19.1 Å². The van der Waals surface area contributed by atoms with Crippen LogP contribution in [0.15, 0.2) is 23.6 Å². The van der Waals surface area contributed by atoms with Crippen LogP contribution in [0, 0.1) is 13.8 Å². The van der Waals surface area contributed by atoms with Gasteiger partial charge in [0.2, 0.25) is 0 Å². The number of anilines is 1. The fourth-order valence-corrected chi connectivity index (χ4v) is 3.73. The molecule has 9 nitrogen and oxygen atoms in total. The van der Waals surface area contributed by atoms with Crippen molar-refractivity contribution in [1.82, 2.24) is 21.2 Å². The van der Waals surface area contributed by atoms with Crippen LogP contribution in [0.25, 0.3) is 0 Å². The molecule has 0 atom stereocenters. The molecule has 1 aromatic heterocycles. The third kappa shape index (κ3) is 5.75. The number of aryl methyl sites for hydroxylation is 2. The van der Waals surface area contributed by atoms with Gasteiger partial charge in [-0.15, -0.1) is 11.3 Å². The highest BCUT2D eigenvalue weighted by molar-refractivity contribution is 7.13. The lowest BCUT2D eigenvalue weighted by Crippen LogP contribution is -2.46. The van der Waals surface area contributed by atoms with Crippen LogP contribution in [0.5, 0.6) is 0 Å². The molecule has 0 radical (unpaired) electrons. The second-order valence-electron chi connectivity index (χ2n) is 6.68. The highest BCUT2D eigenvalue weighted by Gasteiger charge is 2.18. The molecule has 1 aliphatic rings. The molecular weight excluding hydrogens is 394 g/mol. The van der Waals surface area contributed by atoms with Gasteiger partial charge in [-0.25, -0.2) is 4.98 Å². The van der Waals surface area contributed by atoms with Gasteiger partial charge < -0.3 is 15.0 Å². The summed E-state index contributed by atoms with van der Waals surface area (Å²) >= 11 is 1.36. The molecule has 3 rings (SSSR count). The van der Waals surface area contributed by atoms with Gasteiger partial charge in [-0.3, -0.25) is 25.2 Å². The Hall–Kier alpha value is -2.98. The number of benzene rings is 1. The molecular formula is C19H23N5O4S. The minimum atomic E-state index is -0.542. The topological polar surface area (TPSA) is 113 Å². The number of nitrogens with one attached hydrogen (secondary N) is 3. The van der Waals surface area contributed by atoms with E-state index in [0.717, 1.165) is 29.3 Å². The summed E-state index contributed by atoms with van der Waals surface area (Å²) in [5, 5.41) is 4.90. The number of hydrogen-bond donors (Lipinski definition) is 3. The minimum Gasteiger partial charge on any atom is -0.378 e. The van der Waals surface area contributed by atoms with Crippen LogP contribution in [-0.4, -0.2) is 55.6 Å². The van der Waals surface area contributed by atoms with Crippen LogP contribution in [0.4, 0.5) is 5.13 Å². The van der Waals surface area contributed by atoms with Crippen molar-refractivity contribution in [2.45, 2.75) is 13.8 Å². The van der Waals surface area contributed by atoms with E-state index in [-0.39, 0.29) is 18.1 Å². The molecule has 1 aromatic carbocycles. The molecule has 1 aliphatic heterocycles. The van der Waals surface area contributed by atoms with E-state index in [0.29, 0.717) is 18.8 Å². The van der Waals surface area contributed by atoms with Crippen LogP contribution in [0.2, 0.25) is 0 Å². The Morgan fingerprint density at radius 1 is 1.07 bits per heavy atom. The quantitative estimate of drug-likeness (QED) is 0.620. The van der Waals surface area contributed by atoms with E-state index >= 15 is 0 Å². The maximum Gasteiger partial charge on any atom is 0.289 e. The minimum absolute atomic E-state index is 0.219. The molecule has 1 fully saturated rings. The van der Waals surface area contributed by atoms with Crippen molar-refractivity contribution in [1.29, 1.82) is 0 Å². The molecule has 0 bridgehead atoms. The van der Waals surface area contributed by atoms with E-state index in [1.165, 1.54) is 11.3 Å². The van der Waals surface area contributed by atoms with Crippen molar-refractivity contribution in [3.63, 3.8) is 0 Å². The predicted molar refractivity (Wildman–Crippen MR) is 109 cm³/mol. The molecule has 3 N–H and O–H groups in total. The monoisotopic (exact) mass is 417 g/mol. The number of carbonyl (C=O) groups excluding carboxylic acids is 3. The van der Waals surface area contributed by atoms with E-state index < -0.39 is 11.8 Å². The summed E-state index contributed by atoms with van der Waals surface area (Å²) < 4.78 is 5.30. The molecule has 29 heavy (non-hydrogen) atoms. The Labute approximate surface area is 172 Å². The third-order valence-corrected chi connectivity index (χ3v) is 5.12. The summed E-state index contributed by atoms with van der Waals surface area (Å²) in [4.78, 5) is 42.6. The summed E-state index contributed by atoms with van der Waals surface area (Å²) in [6, 6.07) is 5.45. The number of carbonyl (C=O) groups is 3. The Bertz CT molecular complexity index is 888. The van der Waals surface area contributed by atoms with Gasteiger partial charge in [-0.05, 0) is 26.0 Å². The summed E-state index contributed by atoms with van der Waals surface area (Å²) in [7, 11) is 0. The number of hydrazine groups is 1. The number of ether oxygens (including phenoxy) is 1. The zero-order valence-electron chi connectivity index (χ0n) is 16.3. The average Bonchev–Trinajstić information content (AvgIpc) is 3.20. The first-order valence-electron chi connectivity index (χ1n) is 9.16. The van der Waals surface area contributed by atoms with Gasteiger partial charge in [0.15, 0.2) is 5.13 Å². The van der Waals surface area contributed by atoms with Gasteiger partial charge in [-0.1, -0.05) is 17.2 Å². The van der Waals surface area contributed by atoms with Crippen molar-refractivity contribution in [3.05, 3.63) is 46.0 Å². The number of rotatable bonds is 5. The molecule has 2 heterocycles. The SMILES string of the molecule is Cc1cc(C)cc(C(=O)NCC(=O)NNC(=O)c2csc(N3CCOCC3)n2)c1. The maximum absolute atomic E-state index is 12.2. The number of hydrogen-bond acceptors (Lipinski definition) is 7. The second-order valence-corrected chi connectivity index (χ2v) is 7.51. The summed E-state index contributed by atoms with van der Waals surface area (Å²) in [5.74, 6) is -1.41. The van der Waals surface area contributed by atoms with Crippen LogP contribution in [-0.2, 0) is 9.53 Å². The van der Waals surface area contributed by atoms with Crippen LogP contribution in [0.3, 0.4) is 0 Å². The highest BCUT2D eigenvalue weighted by atomic mass is 32.1. The van der Waals surface area contributed by atoms with E-state index in [9.17, 15) is 14.4 Å². The second kappa shape index (κ2) is 9.48. The number of morpholine rings is 1. The Kier molecular flexibility index (Phi) is 6.78. The van der Waals surface area contributed by atoms with Crippen molar-refractivity contribution in [3.8, 4) is 0 Å². The van der Waals surface area contributed by atoms with Gasteiger partial charge in [0.1, 0.15) is 5.69 Å². The number of thiazole rings is 1. The lowest BCUT2D eigenvalue weighted by atomic mass is 10.1. The lowest BCUT2D eigenvalue weighted by molar-refractivity contribution is -0.120. The molecule has 0 saturated carbocycles. The molecule has 0 unspecified atom stereocenters. The summed E-state index contributed by atoms with van der Waals surface area (Å²) in [6.07, 6.45) is 0. The molecule has 3 amide bonds. The van der Waals surface area contributed by atoms with Crippen LogP contribution < -0.4 is 21.1 Å². The maximum atomic E-state index is 12.2. The largest absolute Gasteiger partial charge is 0.378 e. The summed E-state index contributed by atoms with van der Waals surface area (Å²) in [6.45, 7) is 6.25. The van der Waals surface area contributed by atoms with E-state index in [4.69, 9.17) is 4.74 Å². The Balaban J connectivity index is 1.44. The first kappa shape index (κ1) is 20.7. The normalized spacial score (nSPS) is 13.7. The molecule has 154 valence electrons. The van der Waals surface area contributed by atoms with Gasteiger partial charge >= 0.3 is 0 Å². The first-order chi connectivity index (χ1) is 13.9. The number of nitrogens with zero attached hydrogens (tertiary/aromatic N) is 2. The number of amides is 3. The fourth-order valence-electron chi connectivity index (χ4n) is 2.87. The third-order valence-electron chi connectivity index (χ3n) is 4.22. The zero-order chi connectivity index (χ0) is 20.8. The van der Waals surface area contributed by atoms with E-state index in [1.54, 1.807) is 17.5 Å². The first-order valence-corrected chi connectivity index (χ1v) is 10.0. The van der Waals surface area contributed by atoms with Crippen LogP contribution in [0.1, 0.15) is 32.0 Å². The van der Waals surface area contributed by atoms with Gasteiger partial charge in [0.05, 0.1) is 19.8 Å². The van der Waals surface area contributed by atoms with Crippen molar-refractivity contribution >= 4 is 34.2 Å². The smallest absolute Gasteiger partial charge is 0.289 e. The van der Waals surface area contributed by atoms with E-state index in [1.807, 2.05) is 24.8 Å². The Morgan fingerprint density at radius 2 is 1.76 bits per heavy atom. The predicted octanol–water partition coefficient (Wildman–Crippen LogP) is 0.788. The highest BCUT2D eigenvalue weighted by Crippen LogP contribution is 2.21. The molecule has 0 aliphatic carbocycles. The van der Waals surface area contributed by atoms with Crippen molar-refractivity contribution in [2.75, 3.05) is 37.7 Å². The fraction of sp³-hybridized carbons (Fsp3) is 0.368. The lowest BCUT2D eigenvalue weighted by Gasteiger charge is -2.25. The molecule has 2 aromatic rings. The molecule has 10 heteroatoms. The van der Waals surface area contributed by atoms with E-state index in [2.05, 4.69) is 21.2 Å². The van der Waals surface area contributed by atoms with Crippen LogP contribution >= 0.6 is 11.3 Å². The standard InChI is InChI=1S/C19H23N5O4S/c1-12-7-13(2)9-14(8-12)17(26)20-10-16(25)22-23-18(27)15-11-29-19(21-15)24-3-5-28-6-4-24/h7-9,11H,3-6,10H2,1-2H3,(H,20,26)(H,22,25)(H,23,27).